The van der Waals surface area contributed by atoms with Crippen molar-refractivity contribution in [1.82, 2.24) is 0 Å². The molecular weight excluding hydrogens is 204 g/mol. The zero-order valence-electron chi connectivity index (χ0n) is 9.91. The maximum absolute atomic E-state index is 11.4. The highest BCUT2D eigenvalue weighted by Crippen LogP contribution is 2.20. The molecule has 0 aromatic carbocycles. The standard InChI is InChI=1S/C13H22O3/c14-12-9-5-1-3-7-11(13(15)16)8-4-2-6-10-12/h11H,1-10H2,(H,15,16). The molecule has 0 saturated heterocycles. The number of rotatable bonds is 1. The minimum atomic E-state index is -0.645. The van der Waals surface area contributed by atoms with Gasteiger partial charge in [-0.1, -0.05) is 25.7 Å². The monoisotopic (exact) mass is 226 g/mol. The molecule has 0 aliphatic heterocycles. The first kappa shape index (κ1) is 13.2. The molecule has 1 saturated carbocycles. The second kappa shape index (κ2) is 7.42. The van der Waals surface area contributed by atoms with E-state index in [9.17, 15) is 9.59 Å². The van der Waals surface area contributed by atoms with E-state index in [2.05, 4.69) is 0 Å². The third kappa shape index (κ3) is 5.29. The Labute approximate surface area is 97.2 Å². The van der Waals surface area contributed by atoms with E-state index in [1.807, 2.05) is 0 Å². The zero-order valence-corrected chi connectivity index (χ0v) is 9.91. The van der Waals surface area contributed by atoms with Gasteiger partial charge in [0.1, 0.15) is 5.78 Å². The molecule has 1 aliphatic carbocycles. The van der Waals surface area contributed by atoms with E-state index in [1.165, 1.54) is 0 Å². The molecule has 0 aromatic heterocycles. The van der Waals surface area contributed by atoms with E-state index >= 15 is 0 Å². The summed E-state index contributed by atoms with van der Waals surface area (Å²) in [4.78, 5) is 22.3. The van der Waals surface area contributed by atoms with Gasteiger partial charge in [0.2, 0.25) is 0 Å². The highest BCUT2D eigenvalue weighted by Gasteiger charge is 2.16. The van der Waals surface area contributed by atoms with Crippen LogP contribution in [-0.4, -0.2) is 16.9 Å². The second-order valence-corrected chi connectivity index (χ2v) is 4.77. The zero-order chi connectivity index (χ0) is 11.8. The Balaban J connectivity index is 2.36. The largest absolute Gasteiger partial charge is 0.481 e. The van der Waals surface area contributed by atoms with Crippen LogP contribution < -0.4 is 0 Å². The summed E-state index contributed by atoms with van der Waals surface area (Å²) >= 11 is 0. The first-order valence-electron chi connectivity index (χ1n) is 6.44. The van der Waals surface area contributed by atoms with Crippen LogP contribution in [-0.2, 0) is 9.59 Å². The van der Waals surface area contributed by atoms with Crippen molar-refractivity contribution in [3.05, 3.63) is 0 Å². The summed E-state index contributed by atoms with van der Waals surface area (Å²) in [5, 5.41) is 9.03. The van der Waals surface area contributed by atoms with Crippen molar-refractivity contribution in [2.45, 2.75) is 64.2 Å². The summed E-state index contributed by atoms with van der Waals surface area (Å²) in [5.74, 6) is -0.418. The topological polar surface area (TPSA) is 54.4 Å². The van der Waals surface area contributed by atoms with Crippen LogP contribution in [0.5, 0.6) is 0 Å². The number of hydrogen-bond acceptors (Lipinski definition) is 2. The Kier molecular flexibility index (Phi) is 6.12. The molecular formula is C13H22O3. The van der Waals surface area contributed by atoms with Crippen LogP contribution in [0.15, 0.2) is 0 Å². The van der Waals surface area contributed by atoms with Crippen molar-refractivity contribution in [3.63, 3.8) is 0 Å². The van der Waals surface area contributed by atoms with Crippen LogP contribution in [0.1, 0.15) is 64.2 Å². The van der Waals surface area contributed by atoms with Gasteiger partial charge in [-0.15, -0.1) is 0 Å². The Morgan fingerprint density at radius 3 is 1.88 bits per heavy atom. The summed E-state index contributed by atoms with van der Waals surface area (Å²) in [6.45, 7) is 0. The fourth-order valence-corrected chi connectivity index (χ4v) is 2.30. The van der Waals surface area contributed by atoms with Gasteiger partial charge in [-0.2, -0.15) is 0 Å². The molecule has 0 aromatic rings. The van der Waals surface area contributed by atoms with Gasteiger partial charge in [0.15, 0.2) is 0 Å². The third-order valence-electron chi connectivity index (χ3n) is 3.37. The highest BCUT2D eigenvalue weighted by molar-refractivity contribution is 5.78. The molecule has 1 rings (SSSR count). The smallest absolute Gasteiger partial charge is 0.306 e. The summed E-state index contributed by atoms with van der Waals surface area (Å²) in [5.41, 5.74) is 0. The van der Waals surface area contributed by atoms with E-state index < -0.39 is 5.97 Å². The molecule has 0 spiro atoms. The van der Waals surface area contributed by atoms with E-state index in [1.54, 1.807) is 0 Å². The molecule has 0 heterocycles. The van der Waals surface area contributed by atoms with E-state index in [-0.39, 0.29) is 5.92 Å². The maximum atomic E-state index is 11.4. The normalized spacial score (nSPS) is 22.1. The molecule has 0 bridgehead atoms. The molecule has 0 unspecified atom stereocenters. The lowest BCUT2D eigenvalue weighted by Crippen LogP contribution is -2.14. The molecule has 1 N–H and O–H groups in total. The van der Waals surface area contributed by atoms with Crippen LogP contribution >= 0.6 is 0 Å². The van der Waals surface area contributed by atoms with Gasteiger partial charge in [0.05, 0.1) is 5.92 Å². The number of hydrogen-bond donors (Lipinski definition) is 1. The van der Waals surface area contributed by atoms with E-state index in [0.717, 1.165) is 51.4 Å². The fourth-order valence-electron chi connectivity index (χ4n) is 2.30. The molecule has 1 fully saturated rings. The molecule has 3 nitrogen and oxygen atoms in total. The van der Waals surface area contributed by atoms with Crippen LogP contribution in [0.3, 0.4) is 0 Å². The number of carboxylic acid groups (broad SMARTS) is 1. The number of carbonyl (C=O) groups excluding carboxylic acids is 1. The molecule has 0 radical (unpaired) electrons. The van der Waals surface area contributed by atoms with Crippen LogP contribution in [0, 0.1) is 5.92 Å². The number of carboxylic acids is 1. The lowest BCUT2D eigenvalue weighted by atomic mass is 9.93. The quantitative estimate of drug-likeness (QED) is 0.747. The first-order chi connectivity index (χ1) is 7.70. The average Bonchev–Trinajstić information content (AvgIpc) is 2.22. The van der Waals surface area contributed by atoms with Crippen LogP contribution in [0.4, 0.5) is 0 Å². The highest BCUT2D eigenvalue weighted by atomic mass is 16.4. The number of aliphatic carboxylic acids is 1. The van der Waals surface area contributed by atoms with Gasteiger partial charge >= 0.3 is 5.97 Å². The van der Waals surface area contributed by atoms with Gasteiger partial charge < -0.3 is 5.11 Å². The van der Waals surface area contributed by atoms with Gasteiger partial charge in [-0.3, -0.25) is 9.59 Å². The van der Waals surface area contributed by atoms with Gasteiger partial charge in [0, 0.05) is 12.8 Å². The molecule has 16 heavy (non-hydrogen) atoms. The van der Waals surface area contributed by atoms with Crippen molar-refractivity contribution < 1.29 is 14.7 Å². The summed E-state index contributed by atoms with van der Waals surface area (Å²) in [7, 11) is 0. The fraction of sp³-hybridized carbons (Fsp3) is 0.846. The predicted octanol–water partition coefficient (Wildman–Crippen LogP) is 3.17. The maximum Gasteiger partial charge on any atom is 0.306 e. The molecule has 0 atom stereocenters. The van der Waals surface area contributed by atoms with Gasteiger partial charge in [-0.05, 0) is 25.7 Å². The Bertz CT molecular complexity index is 219. The summed E-state index contributed by atoms with van der Waals surface area (Å²) in [6, 6.07) is 0. The Morgan fingerprint density at radius 2 is 1.44 bits per heavy atom. The van der Waals surface area contributed by atoms with Crippen molar-refractivity contribution >= 4 is 11.8 Å². The van der Waals surface area contributed by atoms with Crippen molar-refractivity contribution in [2.75, 3.05) is 0 Å². The van der Waals surface area contributed by atoms with Crippen molar-refractivity contribution in [1.29, 1.82) is 0 Å². The minimum Gasteiger partial charge on any atom is -0.481 e. The number of Topliss-reactive ketones (excluding diaryl/α,β-unsaturated/α-hetero) is 1. The van der Waals surface area contributed by atoms with Gasteiger partial charge in [-0.25, -0.2) is 0 Å². The summed E-state index contributed by atoms with van der Waals surface area (Å²) < 4.78 is 0. The SMILES string of the molecule is O=C1CCCCCC(C(=O)O)CCCCC1. The molecule has 0 amide bonds. The molecule has 1 aliphatic rings. The van der Waals surface area contributed by atoms with Crippen molar-refractivity contribution in [2.24, 2.45) is 5.92 Å². The van der Waals surface area contributed by atoms with E-state index in [0.29, 0.717) is 18.6 Å². The Morgan fingerprint density at radius 1 is 0.938 bits per heavy atom. The third-order valence-corrected chi connectivity index (χ3v) is 3.37. The molecule has 92 valence electrons. The molecule has 3 heteroatoms. The lowest BCUT2D eigenvalue weighted by Gasteiger charge is -2.13. The van der Waals surface area contributed by atoms with Crippen LogP contribution in [0.25, 0.3) is 0 Å². The average molecular weight is 226 g/mol. The predicted molar refractivity (Wildman–Crippen MR) is 62.3 cm³/mol. The number of carbonyl (C=O) groups is 2. The summed E-state index contributed by atoms with van der Waals surface area (Å²) in [6.07, 6.45) is 8.71. The second-order valence-electron chi connectivity index (χ2n) is 4.77. The van der Waals surface area contributed by atoms with E-state index in [4.69, 9.17) is 5.11 Å². The first-order valence-corrected chi connectivity index (χ1v) is 6.44. The number of ketones is 1. The lowest BCUT2D eigenvalue weighted by molar-refractivity contribution is -0.142. The van der Waals surface area contributed by atoms with Gasteiger partial charge in [0.25, 0.3) is 0 Å². The minimum absolute atomic E-state index is 0.157. The van der Waals surface area contributed by atoms with Crippen LogP contribution in [0.2, 0.25) is 0 Å². The Hall–Kier alpha value is -0.860. The van der Waals surface area contributed by atoms with Crippen molar-refractivity contribution in [3.8, 4) is 0 Å².